The van der Waals surface area contributed by atoms with Crippen molar-refractivity contribution in [3.63, 3.8) is 0 Å². The van der Waals surface area contributed by atoms with Crippen molar-refractivity contribution in [3.8, 4) is 0 Å². The minimum absolute atomic E-state index is 0.0299. The van der Waals surface area contributed by atoms with Crippen molar-refractivity contribution >= 4 is 12.0 Å². The first-order chi connectivity index (χ1) is 10.6. The van der Waals surface area contributed by atoms with Gasteiger partial charge in [-0.3, -0.25) is 4.79 Å². The van der Waals surface area contributed by atoms with E-state index < -0.39 is 5.60 Å². The van der Waals surface area contributed by atoms with E-state index in [2.05, 4.69) is 29.8 Å². The number of alkyl carbamates (subject to hydrolysis) is 1. The second kappa shape index (κ2) is 8.52. The molecule has 0 saturated heterocycles. The van der Waals surface area contributed by atoms with Gasteiger partial charge in [0.2, 0.25) is 5.91 Å². The van der Waals surface area contributed by atoms with Crippen LogP contribution in [-0.4, -0.2) is 42.8 Å². The zero-order valence-corrected chi connectivity index (χ0v) is 15.4. The van der Waals surface area contributed by atoms with Crippen LogP contribution in [0, 0.1) is 5.92 Å². The van der Waals surface area contributed by atoms with Crippen LogP contribution in [0.1, 0.15) is 60.3 Å². The zero-order chi connectivity index (χ0) is 17.6. The average Bonchev–Trinajstić information content (AvgIpc) is 2.81. The summed E-state index contributed by atoms with van der Waals surface area (Å²) < 4.78 is 5.29. The van der Waals surface area contributed by atoms with E-state index in [1.807, 2.05) is 20.8 Å². The quantitative estimate of drug-likeness (QED) is 0.698. The number of rotatable bonds is 6. The van der Waals surface area contributed by atoms with Crippen LogP contribution in [0.2, 0.25) is 0 Å². The first kappa shape index (κ1) is 19.7. The van der Waals surface area contributed by atoms with E-state index in [9.17, 15) is 9.59 Å². The smallest absolute Gasteiger partial charge is 0.407 e. The third kappa shape index (κ3) is 7.68. The molecule has 3 N–H and O–H groups in total. The monoisotopic (exact) mass is 327 g/mol. The number of nitrogens with one attached hydrogen (secondary N) is 3. The van der Waals surface area contributed by atoms with E-state index >= 15 is 0 Å². The van der Waals surface area contributed by atoms with E-state index in [1.54, 1.807) is 7.05 Å². The summed E-state index contributed by atoms with van der Waals surface area (Å²) in [6.45, 7) is 9.78. The summed E-state index contributed by atoms with van der Waals surface area (Å²) in [7, 11) is 1.67. The molecule has 6 heteroatoms. The Morgan fingerprint density at radius 2 is 1.78 bits per heavy atom. The number of carbonyl (C=O) groups excluding carboxylic acids is 2. The lowest BCUT2D eigenvalue weighted by Crippen LogP contribution is -2.48. The minimum Gasteiger partial charge on any atom is -0.444 e. The summed E-state index contributed by atoms with van der Waals surface area (Å²) in [5, 5.41) is 9.09. The van der Waals surface area contributed by atoms with Crippen LogP contribution in [0.4, 0.5) is 4.79 Å². The maximum absolute atomic E-state index is 12.0. The molecule has 0 radical (unpaired) electrons. The Kier molecular flexibility index (Phi) is 7.32. The fourth-order valence-corrected chi connectivity index (χ4v) is 2.92. The molecule has 23 heavy (non-hydrogen) atoms. The molecule has 0 heterocycles. The van der Waals surface area contributed by atoms with E-state index in [4.69, 9.17) is 4.74 Å². The number of ether oxygens (including phenoxy) is 1. The highest BCUT2D eigenvalue weighted by molar-refractivity contribution is 5.81. The summed E-state index contributed by atoms with van der Waals surface area (Å²) in [5.41, 5.74) is -0.484. The highest BCUT2D eigenvalue weighted by Gasteiger charge is 2.30. The van der Waals surface area contributed by atoms with Gasteiger partial charge in [-0.2, -0.15) is 0 Å². The van der Waals surface area contributed by atoms with Gasteiger partial charge in [0.05, 0.1) is 6.04 Å². The molecule has 3 unspecified atom stereocenters. The van der Waals surface area contributed by atoms with E-state index in [-0.39, 0.29) is 30.1 Å². The molecule has 3 atom stereocenters. The number of carbonyl (C=O) groups is 2. The van der Waals surface area contributed by atoms with Crippen LogP contribution < -0.4 is 16.0 Å². The van der Waals surface area contributed by atoms with Crippen molar-refractivity contribution in [1.82, 2.24) is 16.0 Å². The summed E-state index contributed by atoms with van der Waals surface area (Å²) >= 11 is 0. The molecule has 1 saturated carbocycles. The van der Waals surface area contributed by atoms with Gasteiger partial charge in [-0.1, -0.05) is 13.8 Å². The summed E-state index contributed by atoms with van der Waals surface area (Å²) in [5.74, 6) is 0.476. The molecule has 0 spiro atoms. The number of likely N-dealkylation sites (N-methyl/N-ethyl adjacent to an activating group) is 1. The molecule has 0 aromatic carbocycles. The van der Waals surface area contributed by atoms with Crippen molar-refractivity contribution in [2.45, 2.75) is 84.0 Å². The van der Waals surface area contributed by atoms with Gasteiger partial charge < -0.3 is 20.7 Å². The fraction of sp³-hybridized carbons (Fsp3) is 0.882. The van der Waals surface area contributed by atoms with Crippen LogP contribution in [0.5, 0.6) is 0 Å². The highest BCUT2D eigenvalue weighted by atomic mass is 16.6. The lowest BCUT2D eigenvalue weighted by atomic mass is 10.0. The zero-order valence-electron chi connectivity index (χ0n) is 15.4. The molecular weight excluding hydrogens is 294 g/mol. The molecule has 134 valence electrons. The van der Waals surface area contributed by atoms with Crippen molar-refractivity contribution in [1.29, 1.82) is 0 Å². The summed E-state index contributed by atoms with van der Waals surface area (Å²) in [4.78, 5) is 23.8. The van der Waals surface area contributed by atoms with Crippen LogP contribution >= 0.6 is 0 Å². The lowest BCUT2D eigenvalue weighted by molar-refractivity contribution is -0.123. The molecule has 0 aliphatic heterocycles. The fourth-order valence-electron chi connectivity index (χ4n) is 2.92. The van der Waals surface area contributed by atoms with Crippen LogP contribution in [0.3, 0.4) is 0 Å². The third-order valence-corrected chi connectivity index (χ3v) is 3.86. The minimum atomic E-state index is -0.484. The largest absolute Gasteiger partial charge is 0.444 e. The van der Waals surface area contributed by atoms with Gasteiger partial charge in [0.25, 0.3) is 0 Å². The molecular formula is C17H33N3O3. The molecule has 0 bridgehead atoms. The molecule has 2 amide bonds. The van der Waals surface area contributed by atoms with Gasteiger partial charge >= 0.3 is 6.09 Å². The maximum atomic E-state index is 12.0. The van der Waals surface area contributed by atoms with Gasteiger partial charge in [0.15, 0.2) is 0 Å². The second-order valence-corrected chi connectivity index (χ2v) is 7.82. The number of hydrogen-bond acceptors (Lipinski definition) is 4. The highest BCUT2D eigenvalue weighted by Crippen LogP contribution is 2.21. The molecule has 1 aliphatic carbocycles. The Morgan fingerprint density at radius 1 is 1.17 bits per heavy atom. The van der Waals surface area contributed by atoms with Crippen molar-refractivity contribution in [2.75, 3.05) is 7.05 Å². The third-order valence-electron chi connectivity index (χ3n) is 3.86. The average molecular weight is 327 g/mol. The molecule has 0 aromatic rings. The Morgan fingerprint density at radius 3 is 2.30 bits per heavy atom. The maximum Gasteiger partial charge on any atom is 0.407 e. The Hall–Kier alpha value is -1.30. The number of hydrogen-bond donors (Lipinski definition) is 3. The normalized spacial score (nSPS) is 22.7. The van der Waals surface area contributed by atoms with Gasteiger partial charge in [-0.25, -0.2) is 4.79 Å². The van der Waals surface area contributed by atoms with E-state index in [0.717, 1.165) is 25.7 Å². The predicted molar refractivity (Wildman–Crippen MR) is 91.2 cm³/mol. The van der Waals surface area contributed by atoms with Crippen molar-refractivity contribution in [2.24, 2.45) is 5.92 Å². The predicted octanol–water partition coefficient (Wildman–Crippen LogP) is 2.18. The van der Waals surface area contributed by atoms with Gasteiger partial charge in [0, 0.05) is 19.1 Å². The molecule has 1 aliphatic rings. The Labute approximate surface area is 140 Å². The van der Waals surface area contributed by atoms with Crippen molar-refractivity contribution in [3.05, 3.63) is 0 Å². The summed E-state index contributed by atoms with van der Waals surface area (Å²) in [6.07, 6.45) is 3.11. The van der Waals surface area contributed by atoms with Gasteiger partial charge in [-0.15, -0.1) is 0 Å². The lowest BCUT2D eigenvalue weighted by Gasteiger charge is -2.24. The Bertz CT molecular complexity index is 404. The SMILES string of the molecule is CNC(=O)C(CC(C)C)NC1CCC(NC(=O)OC(C)(C)C)C1. The topological polar surface area (TPSA) is 79.5 Å². The molecule has 6 nitrogen and oxygen atoms in total. The van der Waals surface area contributed by atoms with Crippen LogP contribution in [0.25, 0.3) is 0 Å². The van der Waals surface area contributed by atoms with Gasteiger partial charge in [-0.05, 0) is 52.4 Å². The van der Waals surface area contributed by atoms with Gasteiger partial charge in [0.1, 0.15) is 5.60 Å². The van der Waals surface area contributed by atoms with Crippen LogP contribution in [0.15, 0.2) is 0 Å². The Balaban J connectivity index is 2.46. The van der Waals surface area contributed by atoms with E-state index in [0.29, 0.717) is 5.92 Å². The first-order valence-electron chi connectivity index (χ1n) is 8.58. The van der Waals surface area contributed by atoms with E-state index in [1.165, 1.54) is 0 Å². The first-order valence-corrected chi connectivity index (χ1v) is 8.58. The van der Waals surface area contributed by atoms with Crippen molar-refractivity contribution < 1.29 is 14.3 Å². The molecule has 0 aromatic heterocycles. The van der Waals surface area contributed by atoms with Crippen LogP contribution in [-0.2, 0) is 9.53 Å². The number of amides is 2. The summed E-state index contributed by atoms with van der Waals surface area (Å²) in [6, 6.07) is 0.174. The molecule has 1 rings (SSSR count). The second-order valence-electron chi connectivity index (χ2n) is 7.82. The molecule has 1 fully saturated rings. The standard InChI is InChI=1S/C17H33N3O3/c1-11(2)9-14(15(21)18-6)19-12-7-8-13(10-12)20-16(22)23-17(3,4)5/h11-14,19H,7-10H2,1-6H3,(H,18,21)(H,20,22).